The lowest BCUT2D eigenvalue weighted by Crippen LogP contribution is -1.56. The van der Waals surface area contributed by atoms with Crippen molar-refractivity contribution >= 4 is 0 Å². The van der Waals surface area contributed by atoms with Crippen LogP contribution in [0.2, 0.25) is 0 Å². The molecule has 0 N–H and O–H groups in total. The summed E-state index contributed by atoms with van der Waals surface area (Å²) in [4.78, 5) is 0. The van der Waals surface area contributed by atoms with Gasteiger partial charge in [-0.15, -0.1) is 5.73 Å². The van der Waals surface area contributed by atoms with Crippen LogP contribution in [0.25, 0.3) is 0 Å². The van der Waals surface area contributed by atoms with Gasteiger partial charge in [0.25, 0.3) is 0 Å². The van der Waals surface area contributed by atoms with Gasteiger partial charge in [-0.05, 0) is 11.6 Å². The molecule has 0 aliphatic rings. The van der Waals surface area contributed by atoms with E-state index >= 15 is 0 Å². The van der Waals surface area contributed by atoms with Gasteiger partial charge in [0.15, 0.2) is 0 Å². The van der Waals surface area contributed by atoms with Crippen molar-refractivity contribution in [2.24, 2.45) is 0 Å². The smallest absolute Gasteiger partial charge is 0.0140 e. The summed E-state index contributed by atoms with van der Waals surface area (Å²) in [7, 11) is 0. The first-order valence-corrected chi connectivity index (χ1v) is 1.98. The van der Waals surface area contributed by atoms with Crippen LogP contribution in [0.5, 0.6) is 0 Å². The van der Waals surface area contributed by atoms with Gasteiger partial charge in [0.05, 0.1) is 0 Å². The van der Waals surface area contributed by atoms with Crippen molar-refractivity contribution in [3.05, 3.63) is 43.2 Å². The molecule has 0 radical (unpaired) electrons. The van der Waals surface area contributed by atoms with Crippen LogP contribution in [-0.2, 0) is 0 Å². The van der Waals surface area contributed by atoms with E-state index in [4.69, 9.17) is 0 Å². The largest absolute Gasteiger partial charge is 0.128 e. The minimum atomic E-state index is 0.843. The Hall–Kier alpha value is -1.00. The molecule has 0 aliphatic heterocycles. The average molecular weight is 92.1 g/mol. The molecular weight excluding hydrogens is 84.1 g/mol. The minimum Gasteiger partial charge on any atom is -0.128 e. The SMILES string of the molecule is C=C=CC(=C)C=C. The monoisotopic (exact) mass is 92.1 g/mol. The Morgan fingerprint density at radius 3 is 2.29 bits per heavy atom. The van der Waals surface area contributed by atoms with Crippen molar-refractivity contribution < 1.29 is 0 Å². The molecule has 36 valence electrons. The van der Waals surface area contributed by atoms with Crippen molar-refractivity contribution in [3.63, 3.8) is 0 Å². The second kappa shape index (κ2) is 3.20. The molecule has 0 aromatic heterocycles. The molecular formula is C7H8. The number of allylic oxidation sites excluding steroid dienone is 3. The van der Waals surface area contributed by atoms with E-state index in [2.05, 4.69) is 25.5 Å². The Morgan fingerprint density at radius 2 is 2.14 bits per heavy atom. The Kier molecular flexibility index (Phi) is 2.74. The lowest BCUT2D eigenvalue weighted by Gasteiger charge is -1.76. The fraction of sp³-hybridized carbons (Fsp3) is 0. The second-order valence-electron chi connectivity index (χ2n) is 1.13. The van der Waals surface area contributed by atoms with Crippen LogP contribution in [0.3, 0.4) is 0 Å². The van der Waals surface area contributed by atoms with E-state index < -0.39 is 0 Å². The third-order valence-corrected chi connectivity index (χ3v) is 0.550. The summed E-state index contributed by atoms with van der Waals surface area (Å²) < 4.78 is 0. The molecule has 7 heavy (non-hydrogen) atoms. The van der Waals surface area contributed by atoms with Gasteiger partial charge in [-0.1, -0.05) is 25.8 Å². The number of hydrogen-bond donors (Lipinski definition) is 0. The minimum absolute atomic E-state index is 0.843. The van der Waals surface area contributed by atoms with Gasteiger partial charge in [-0.25, -0.2) is 0 Å². The van der Waals surface area contributed by atoms with E-state index in [0.29, 0.717) is 0 Å². The number of hydrogen-bond acceptors (Lipinski definition) is 0. The van der Waals surface area contributed by atoms with E-state index in [1.54, 1.807) is 12.2 Å². The molecule has 0 amide bonds. The van der Waals surface area contributed by atoms with E-state index in [1.807, 2.05) is 0 Å². The highest BCUT2D eigenvalue weighted by molar-refractivity contribution is 5.24. The van der Waals surface area contributed by atoms with Gasteiger partial charge in [-0.3, -0.25) is 0 Å². The van der Waals surface area contributed by atoms with Crippen molar-refractivity contribution in [2.45, 2.75) is 0 Å². The molecule has 0 unspecified atom stereocenters. The van der Waals surface area contributed by atoms with Crippen LogP contribution in [-0.4, -0.2) is 0 Å². The highest BCUT2D eigenvalue weighted by atomic mass is 13.7. The van der Waals surface area contributed by atoms with Crippen LogP contribution in [0.4, 0.5) is 0 Å². The van der Waals surface area contributed by atoms with E-state index in [9.17, 15) is 0 Å². The van der Waals surface area contributed by atoms with Gasteiger partial charge in [0.1, 0.15) is 0 Å². The Labute approximate surface area is 44.2 Å². The summed E-state index contributed by atoms with van der Waals surface area (Å²) in [6, 6.07) is 0. The summed E-state index contributed by atoms with van der Waals surface area (Å²) in [5, 5.41) is 0. The molecule has 0 bridgehead atoms. The molecule has 0 saturated heterocycles. The zero-order valence-electron chi connectivity index (χ0n) is 4.28. The molecule has 0 fully saturated rings. The summed E-state index contributed by atoms with van der Waals surface area (Å²) in [6.07, 6.45) is 3.32. The topological polar surface area (TPSA) is 0 Å². The zero-order valence-corrected chi connectivity index (χ0v) is 4.28. The second-order valence-corrected chi connectivity index (χ2v) is 1.13. The van der Waals surface area contributed by atoms with Crippen LogP contribution in [0.1, 0.15) is 0 Å². The molecule has 0 aromatic rings. The average Bonchev–Trinajstić information content (AvgIpc) is 1.68. The maximum Gasteiger partial charge on any atom is -0.0140 e. The fourth-order valence-corrected chi connectivity index (χ4v) is 0.190. The predicted molar refractivity (Wildman–Crippen MR) is 33.0 cm³/mol. The van der Waals surface area contributed by atoms with Gasteiger partial charge in [-0.2, -0.15) is 0 Å². The van der Waals surface area contributed by atoms with Gasteiger partial charge < -0.3 is 0 Å². The third kappa shape index (κ3) is 2.81. The first-order chi connectivity index (χ1) is 3.31. The van der Waals surface area contributed by atoms with Crippen molar-refractivity contribution in [3.8, 4) is 0 Å². The molecule has 0 spiro atoms. The quantitative estimate of drug-likeness (QED) is 0.361. The normalized spacial score (nSPS) is 6.29. The maximum atomic E-state index is 3.59. The zero-order chi connectivity index (χ0) is 5.70. The molecule has 0 heteroatoms. The number of rotatable bonds is 2. The summed E-state index contributed by atoms with van der Waals surface area (Å²) in [6.45, 7) is 10.4. The molecule has 0 aliphatic carbocycles. The van der Waals surface area contributed by atoms with E-state index in [-0.39, 0.29) is 0 Å². The highest BCUT2D eigenvalue weighted by Gasteiger charge is 1.68. The van der Waals surface area contributed by atoms with E-state index in [0.717, 1.165) is 5.57 Å². The van der Waals surface area contributed by atoms with Crippen molar-refractivity contribution in [2.75, 3.05) is 0 Å². The third-order valence-electron chi connectivity index (χ3n) is 0.550. The van der Waals surface area contributed by atoms with Crippen LogP contribution in [0, 0.1) is 0 Å². The van der Waals surface area contributed by atoms with Crippen molar-refractivity contribution in [1.82, 2.24) is 0 Å². The highest BCUT2D eigenvalue weighted by Crippen LogP contribution is 1.88. The molecule has 0 heterocycles. The lowest BCUT2D eigenvalue weighted by molar-refractivity contribution is 1.79. The lowest BCUT2D eigenvalue weighted by atomic mass is 10.3. The molecule has 0 nitrogen and oxygen atoms in total. The molecule has 0 saturated carbocycles. The summed E-state index contributed by atoms with van der Waals surface area (Å²) in [5.74, 6) is 0. The van der Waals surface area contributed by atoms with Gasteiger partial charge in [0, 0.05) is 0 Å². The van der Waals surface area contributed by atoms with Crippen LogP contribution >= 0.6 is 0 Å². The standard InChI is InChI=1S/C7H8/c1-4-6-7(3)5-2/h5-6H,1-3H2. The fourth-order valence-electron chi connectivity index (χ4n) is 0.190. The van der Waals surface area contributed by atoms with Crippen LogP contribution in [0.15, 0.2) is 43.2 Å². The van der Waals surface area contributed by atoms with Gasteiger partial charge >= 0.3 is 0 Å². The predicted octanol–water partition coefficient (Wildman–Crippen LogP) is 2.07. The first-order valence-electron chi connectivity index (χ1n) is 1.98. The molecule has 0 rings (SSSR count). The summed E-state index contributed by atoms with van der Waals surface area (Å²) in [5.41, 5.74) is 3.42. The maximum absolute atomic E-state index is 3.59. The summed E-state index contributed by atoms with van der Waals surface area (Å²) >= 11 is 0. The van der Waals surface area contributed by atoms with Crippen molar-refractivity contribution in [1.29, 1.82) is 0 Å². The Morgan fingerprint density at radius 1 is 1.57 bits per heavy atom. The first kappa shape index (κ1) is 6.00. The Balaban J connectivity index is 3.82. The molecule has 0 atom stereocenters. The molecule has 0 aromatic carbocycles. The van der Waals surface area contributed by atoms with E-state index in [1.165, 1.54) is 0 Å². The Bertz CT molecular complexity index is 123. The van der Waals surface area contributed by atoms with Crippen LogP contribution < -0.4 is 0 Å². The van der Waals surface area contributed by atoms with Gasteiger partial charge in [0.2, 0.25) is 0 Å².